The Kier molecular flexibility index (Phi) is 8.06. The van der Waals surface area contributed by atoms with Gasteiger partial charge in [0, 0.05) is 18.9 Å². The molecule has 1 fully saturated rings. The number of rotatable bonds is 6. The molecule has 38 heavy (non-hydrogen) atoms. The van der Waals surface area contributed by atoms with Crippen molar-refractivity contribution in [2.75, 3.05) is 6.54 Å². The van der Waals surface area contributed by atoms with E-state index in [1.165, 1.54) is 10.5 Å². The van der Waals surface area contributed by atoms with E-state index < -0.39 is 17.2 Å². The predicted octanol–water partition coefficient (Wildman–Crippen LogP) is 7.10. The summed E-state index contributed by atoms with van der Waals surface area (Å²) in [5, 5.41) is 0. The molecular formula is C33H43NO4. The lowest BCUT2D eigenvalue weighted by Gasteiger charge is -2.45. The van der Waals surface area contributed by atoms with Crippen molar-refractivity contribution in [1.82, 2.24) is 4.90 Å². The Balaban J connectivity index is 1.67. The van der Waals surface area contributed by atoms with Crippen molar-refractivity contribution in [3.63, 3.8) is 0 Å². The van der Waals surface area contributed by atoms with Gasteiger partial charge in [-0.1, -0.05) is 93.9 Å². The fourth-order valence-electron chi connectivity index (χ4n) is 6.08. The van der Waals surface area contributed by atoms with Crippen molar-refractivity contribution in [3.05, 3.63) is 83.9 Å². The van der Waals surface area contributed by atoms with E-state index in [9.17, 15) is 9.59 Å². The van der Waals surface area contributed by atoms with Crippen LogP contribution in [0.25, 0.3) is 0 Å². The van der Waals surface area contributed by atoms with E-state index >= 15 is 0 Å². The van der Waals surface area contributed by atoms with Crippen molar-refractivity contribution in [2.24, 2.45) is 11.8 Å². The minimum atomic E-state index is -1.26. The maximum absolute atomic E-state index is 14.3. The summed E-state index contributed by atoms with van der Waals surface area (Å²) in [6.07, 6.45) is 6.20. The first-order valence-corrected chi connectivity index (χ1v) is 13.9. The number of benzene rings is 2. The summed E-state index contributed by atoms with van der Waals surface area (Å²) in [5.74, 6) is 0.245. The molecule has 0 spiro atoms. The SMILES string of the molecule is C[C@@H]1CC[C@@H](C(C)(C)c2ccccc2)[C@H](OC(=O)[C@@]2(Cc3ccccc3)C=CCN2C(=O)OC(C)(C)C)C1. The second kappa shape index (κ2) is 11.0. The van der Waals surface area contributed by atoms with Crippen LogP contribution in [0.1, 0.15) is 71.9 Å². The number of hydrogen-bond donors (Lipinski definition) is 0. The van der Waals surface area contributed by atoms with Crippen LogP contribution >= 0.6 is 0 Å². The van der Waals surface area contributed by atoms with Crippen LogP contribution in [0.4, 0.5) is 4.79 Å². The van der Waals surface area contributed by atoms with E-state index in [4.69, 9.17) is 9.47 Å². The molecule has 2 aliphatic rings. The van der Waals surface area contributed by atoms with Gasteiger partial charge >= 0.3 is 12.1 Å². The van der Waals surface area contributed by atoms with Crippen LogP contribution in [0, 0.1) is 11.8 Å². The van der Waals surface area contributed by atoms with E-state index in [-0.39, 0.29) is 23.4 Å². The van der Waals surface area contributed by atoms with E-state index in [0.29, 0.717) is 18.9 Å². The maximum Gasteiger partial charge on any atom is 0.411 e. The van der Waals surface area contributed by atoms with Crippen LogP contribution in [0.15, 0.2) is 72.8 Å². The molecule has 5 nitrogen and oxygen atoms in total. The smallest absolute Gasteiger partial charge is 0.411 e. The minimum absolute atomic E-state index is 0.166. The summed E-state index contributed by atoms with van der Waals surface area (Å²) in [5.41, 5.74) is 0.103. The summed E-state index contributed by atoms with van der Waals surface area (Å²) in [6, 6.07) is 20.3. The fourth-order valence-corrected chi connectivity index (χ4v) is 6.08. The Hall–Kier alpha value is -3.08. The summed E-state index contributed by atoms with van der Waals surface area (Å²) < 4.78 is 12.3. The number of hydrogen-bond acceptors (Lipinski definition) is 4. The summed E-state index contributed by atoms with van der Waals surface area (Å²) in [6.45, 7) is 12.6. The average Bonchev–Trinajstić information content (AvgIpc) is 3.29. The van der Waals surface area contributed by atoms with Crippen LogP contribution in [-0.2, 0) is 26.1 Å². The first-order chi connectivity index (χ1) is 17.9. The highest BCUT2D eigenvalue weighted by atomic mass is 16.6. The molecule has 5 heteroatoms. The van der Waals surface area contributed by atoms with Gasteiger partial charge in [-0.25, -0.2) is 9.59 Å². The quantitative estimate of drug-likeness (QED) is 0.303. The van der Waals surface area contributed by atoms with Crippen molar-refractivity contribution >= 4 is 12.1 Å². The first-order valence-electron chi connectivity index (χ1n) is 13.9. The standard InChI is InChI=1S/C33H43NO4/c1-24-18-19-27(32(5,6)26-16-11-8-12-17-26)28(22-24)37-29(35)33(23-25-14-9-7-10-15-25)20-13-21-34(33)30(36)38-31(2,3)4/h7-17,20,24,27-28H,18-19,21-23H2,1-6H3/t24-,27-,28-,33+/m1/s1. The Morgan fingerprint density at radius 3 is 2.21 bits per heavy atom. The Bertz CT molecular complexity index is 1130. The second-order valence-electron chi connectivity index (χ2n) is 12.6. The Morgan fingerprint density at radius 1 is 0.947 bits per heavy atom. The molecule has 1 aliphatic heterocycles. The number of amides is 1. The summed E-state index contributed by atoms with van der Waals surface area (Å²) >= 11 is 0. The van der Waals surface area contributed by atoms with Crippen LogP contribution < -0.4 is 0 Å². The lowest BCUT2D eigenvalue weighted by Crippen LogP contribution is -2.58. The van der Waals surface area contributed by atoms with Gasteiger partial charge in [0.25, 0.3) is 0 Å². The average molecular weight is 518 g/mol. The highest BCUT2D eigenvalue weighted by Crippen LogP contribution is 2.44. The highest BCUT2D eigenvalue weighted by Gasteiger charge is 2.52. The third kappa shape index (κ3) is 5.98. The van der Waals surface area contributed by atoms with Crippen LogP contribution in [0.5, 0.6) is 0 Å². The second-order valence-corrected chi connectivity index (χ2v) is 12.6. The molecule has 1 aliphatic carbocycles. The molecule has 4 rings (SSSR count). The zero-order valence-electron chi connectivity index (χ0n) is 23.8. The van der Waals surface area contributed by atoms with Crippen LogP contribution in [0.3, 0.4) is 0 Å². The van der Waals surface area contributed by atoms with Crippen molar-refractivity contribution in [1.29, 1.82) is 0 Å². The number of nitrogens with zero attached hydrogens (tertiary/aromatic N) is 1. The zero-order valence-corrected chi connectivity index (χ0v) is 23.8. The van der Waals surface area contributed by atoms with E-state index in [1.807, 2.05) is 69.3 Å². The monoisotopic (exact) mass is 517 g/mol. The van der Waals surface area contributed by atoms with Gasteiger partial charge in [-0.3, -0.25) is 4.90 Å². The number of carbonyl (C=O) groups is 2. The van der Waals surface area contributed by atoms with Crippen LogP contribution in [-0.4, -0.2) is 40.8 Å². The molecular weight excluding hydrogens is 474 g/mol. The molecule has 4 atom stereocenters. The van der Waals surface area contributed by atoms with Gasteiger partial charge in [0.1, 0.15) is 11.7 Å². The number of carbonyl (C=O) groups excluding carboxylic acids is 2. The van der Waals surface area contributed by atoms with E-state index in [0.717, 1.165) is 24.8 Å². The molecule has 204 valence electrons. The van der Waals surface area contributed by atoms with E-state index in [2.05, 4.69) is 45.0 Å². The molecule has 0 saturated heterocycles. The van der Waals surface area contributed by atoms with E-state index in [1.54, 1.807) is 0 Å². The highest BCUT2D eigenvalue weighted by molar-refractivity contribution is 5.90. The third-order valence-electron chi connectivity index (χ3n) is 8.20. The Morgan fingerprint density at radius 2 is 1.58 bits per heavy atom. The molecule has 0 bridgehead atoms. The zero-order chi connectivity index (χ0) is 27.6. The van der Waals surface area contributed by atoms with Gasteiger partial charge in [-0.2, -0.15) is 0 Å². The topological polar surface area (TPSA) is 55.8 Å². The lowest BCUT2D eigenvalue weighted by atomic mass is 9.64. The number of esters is 1. The minimum Gasteiger partial charge on any atom is -0.460 e. The molecule has 2 aromatic rings. The number of ether oxygens (including phenoxy) is 2. The van der Waals surface area contributed by atoms with Gasteiger partial charge in [0.05, 0.1) is 0 Å². The van der Waals surface area contributed by atoms with Gasteiger partial charge < -0.3 is 9.47 Å². The fraction of sp³-hybridized carbons (Fsp3) is 0.515. The molecule has 0 unspecified atom stereocenters. The molecule has 1 heterocycles. The normalized spacial score (nSPS) is 25.7. The third-order valence-corrected chi connectivity index (χ3v) is 8.20. The molecule has 1 amide bonds. The molecule has 0 N–H and O–H groups in total. The van der Waals surface area contributed by atoms with Gasteiger partial charge in [-0.05, 0) is 62.1 Å². The van der Waals surface area contributed by atoms with Gasteiger partial charge in [-0.15, -0.1) is 0 Å². The molecule has 0 radical (unpaired) electrons. The largest absolute Gasteiger partial charge is 0.460 e. The first kappa shape index (κ1) is 27.9. The van der Waals surface area contributed by atoms with Gasteiger partial charge in [0.2, 0.25) is 0 Å². The van der Waals surface area contributed by atoms with Crippen molar-refractivity contribution in [3.8, 4) is 0 Å². The molecule has 2 aromatic carbocycles. The molecule has 0 aromatic heterocycles. The maximum atomic E-state index is 14.3. The summed E-state index contributed by atoms with van der Waals surface area (Å²) in [4.78, 5) is 29.2. The predicted molar refractivity (Wildman–Crippen MR) is 151 cm³/mol. The van der Waals surface area contributed by atoms with Crippen molar-refractivity contribution in [2.45, 2.75) is 89.9 Å². The van der Waals surface area contributed by atoms with Gasteiger partial charge in [0.15, 0.2) is 5.54 Å². The molecule has 1 saturated carbocycles. The Labute approximate surface area is 228 Å². The lowest BCUT2D eigenvalue weighted by molar-refractivity contribution is -0.167. The van der Waals surface area contributed by atoms with Crippen molar-refractivity contribution < 1.29 is 19.1 Å². The van der Waals surface area contributed by atoms with Crippen LogP contribution in [0.2, 0.25) is 0 Å². The summed E-state index contributed by atoms with van der Waals surface area (Å²) in [7, 11) is 0.